The predicted octanol–water partition coefficient (Wildman–Crippen LogP) is 6.87. The third-order valence-electron chi connectivity index (χ3n) is 3.60. The molecule has 129 valence electrons. The Balaban J connectivity index is 0. The normalized spacial score (nSPS) is 10.6. The molecule has 0 aromatic carbocycles. The molecule has 0 heterocycles. The minimum atomic E-state index is 1.12. The molecule has 1 nitrogen and oxygen atoms in total. The second-order valence-corrected chi connectivity index (χ2v) is 6.79. The van der Waals surface area contributed by atoms with E-state index in [9.17, 15) is 0 Å². The van der Waals surface area contributed by atoms with Crippen LogP contribution in [0.5, 0.6) is 0 Å². The van der Waals surface area contributed by atoms with E-state index in [0.29, 0.717) is 0 Å². The lowest BCUT2D eigenvalue weighted by molar-refractivity contribution is 0.505. The highest BCUT2D eigenvalue weighted by molar-refractivity contribution is 4.49. The van der Waals surface area contributed by atoms with Gasteiger partial charge in [0, 0.05) is 0 Å². The van der Waals surface area contributed by atoms with Gasteiger partial charge in [-0.3, -0.25) is 0 Å². The van der Waals surface area contributed by atoms with Gasteiger partial charge in [0.2, 0.25) is 0 Å². The van der Waals surface area contributed by atoms with Crippen LogP contribution in [0.4, 0.5) is 0 Å². The van der Waals surface area contributed by atoms with Crippen LogP contribution in [0, 0.1) is 6.92 Å². The van der Waals surface area contributed by atoms with E-state index in [4.69, 9.17) is 0 Å². The summed E-state index contributed by atoms with van der Waals surface area (Å²) in [4.78, 5) is 2.00. The van der Waals surface area contributed by atoms with Gasteiger partial charge in [-0.1, -0.05) is 110 Å². The highest BCUT2D eigenvalue weighted by Gasteiger charge is 1.93. The lowest BCUT2D eigenvalue weighted by Crippen LogP contribution is -1.99. The van der Waals surface area contributed by atoms with E-state index in [1.807, 2.05) is 26.0 Å². The maximum atomic E-state index is 3.88. The smallest absolute Gasteiger partial charge is 0.0140 e. The van der Waals surface area contributed by atoms with Crippen molar-refractivity contribution in [3.05, 3.63) is 6.92 Å². The lowest BCUT2D eigenvalue weighted by Gasteiger charge is -2.02. The van der Waals surface area contributed by atoms with Crippen molar-refractivity contribution in [1.82, 2.24) is 4.90 Å². The average Bonchev–Trinajstić information content (AvgIpc) is 2.43. The van der Waals surface area contributed by atoms with Crippen LogP contribution in [-0.2, 0) is 0 Å². The minimum absolute atomic E-state index is 1.12. The first-order chi connectivity index (χ1) is 10.1. The Bertz CT molecular complexity index is 137. The summed E-state index contributed by atoms with van der Waals surface area (Å²) in [5.41, 5.74) is 0. The molecule has 0 N–H and O–H groups in total. The van der Waals surface area contributed by atoms with E-state index in [0.717, 1.165) is 6.42 Å². The van der Waals surface area contributed by atoms with Crippen molar-refractivity contribution in [3.8, 4) is 0 Å². The quantitative estimate of drug-likeness (QED) is 0.316. The van der Waals surface area contributed by atoms with Gasteiger partial charge in [-0.05, 0) is 21.1 Å². The zero-order valence-electron chi connectivity index (χ0n) is 15.8. The highest BCUT2D eigenvalue weighted by Crippen LogP contribution is 2.13. The summed E-state index contributed by atoms with van der Waals surface area (Å²) in [6.07, 6.45) is 21.3. The topological polar surface area (TPSA) is 3.24 Å². The van der Waals surface area contributed by atoms with Crippen molar-refractivity contribution < 1.29 is 0 Å². The molecule has 0 unspecified atom stereocenters. The fourth-order valence-electron chi connectivity index (χ4n) is 2.37. The molecule has 0 aromatic heterocycles. The fraction of sp³-hybridized carbons (Fsp3) is 0.950. The standard InChI is InChI=1S/C17H35.C3H9N/c1-3-5-7-9-11-13-15-17-16-14-12-10-8-6-4-2;1-4(2)3/h1,3-17H2,2H3;1-3H3. The van der Waals surface area contributed by atoms with Gasteiger partial charge in [-0.25, -0.2) is 0 Å². The molecule has 1 radical (unpaired) electrons. The van der Waals surface area contributed by atoms with Crippen molar-refractivity contribution in [2.24, 2.45) is 0 Å². The Hall–Kier alpha value is -0.0400. The van der Waals surface area contributed by atoms with Gasteiger partial charge in [-0.15, -0.1) is 0 Å². The minimum Gasteiger partial charge on any atom is -0.312 e. The molecular weight excluding hydrogens is 254 g/mol. The summed E-state index contributed by atoms with van der Waals surface area (Å²) in [7, 11) is 6.00. The zero-order valence-corrected chi connectivity index (χ0v) is 15.8. The van der Waals surface area contributed by atoms with Crippen LogP contribution < -0.4 is 0 Å². The Kier molecular flexibility index (Phi) is 24.6. The lowest BCUT2D eigenvalue weighted by atomic mass is 10.0. The van der Waals surface area contributed by atoms with Crippen molar-refractivity contribution in [2.45, 2.75) is 103 Å². The third kappa shape index (κ3) is 33.0. The number of hydrogen-bond acceptors (Lipinski definition) is 1. The maximum Gasteiger partial charge on any atom is -0.0140 e. The van der Waals surface area contributed by atoms with E-state index in [1.165, 1.54) is 89.9 Å². The summed E-state index contributed by atoms with van der Waals surface area (Å²) in [6.45, 7) is 6.17. The first kappa shape index (κ1) is 23.2. The molecule has 0 fully saturated rings. The summed E-state index contributed by atoms with van der Waals surface area (Å²) in [5, 5.41) is 0. The molecule has 0 saturated heterocycles. The molecule has 0 aliphatic carbocycles. The molecule has 0 atom stereocenters. The van der Waals surface area contributed by atoms with Gasteiger partial charge < -0.3 is 4.90 Å². The Morgan fingerprint density at radius 2 is 0.762 bits per heavy atom. The van der Waals surface area contributed by atoms with Crippen molar-refractivity contribution in [2.75, 3.05) is 21.1 Å². The fourth-order valence-corrected chi connectivity index (χ4v) is 2.37. The van der Waals surface area contributed by atoms with Crippen LogP contribution in [0.25, 0.3) is 0 Å². The SMILES string of the molecule is CN(C)C.[CH2]CCCCCCCCCCCCCCCC. The van der Waals surface area contributed by atoms with Gasteiger partial charge in [0.25, 0.3) is 0 Å². The van der Waals surface area contributed by atoms with E-state index in [1.54, 1.807) is 0 Å². The number of rotatable bonds is 14. The molecule has 1 heteroatoms. The predicted molar refractivity (Wildman–Crippen MR) is 99.9 cm³/mol. The first-order valence-electron chi connectivity index (χ1n) is 9.55. The van der Waals surface area contributed by atoms with Crippen LogP contribution in [0.2, 0.25) is 0 Å². The van der Waals surface area contributed by atoms with Crippen LogP contribution in [0.3, 0.4) is 0 Å². The molecule has 21 heavy (non-hydrogen) atoms. The zero-order chi connectivity index (χ0) is 16.2. The summed E-state index contributed by atoms with van der Waals surface area (Å²) in [6, 6.07) is 0. The highest BCUT2D eigenvalue weighted by atomic mass is 15.0. The van der Waals surface area contributed by atoms with Gasteiger partial charge in [0.1, 0.15) is 0 Å². The summed E-state index contributed by atoms with van der Waals surface area (Å²) < 4.78 is 0. The Morgan fingerprint density at radius 1 is 0.524 bits per heavy atom. The second-order valence-electron chi connectivity index (χ2n) is 6.79. The number of unbranched alkanes of at least 4 members (excludes halogenated alkanes) is 14. The molecule has 0 rings (SSSR count). The van der Waals surface area contributed by atoms with E-state index < -0.39 is 0 Å². The van der Waals surface area contributed by atoms with Crippen LogP contribution in [-0.4, -0.2) is 26.0 Å². The molecular formula is C20H44N. The van der Waals surface area contributed by atoms with E-state index >= 15 is 0 Å². The second kappa shape index (κ2) is 22.2. The van der Waals surface area contributed by atoms with Crippen LogP contribution in [0.15, 0.2) is 0 Å². The molecule has 0 aliphatic heterocycles. The molecule has 0 amide bonds. The van der Waals surface area contributed by atoms with Gasteiger partial charge >= 0.3 is 0 Å². The van der Waals surface area contributed by atoms with Gasteiger partial charge in [0.15, 0.2) is 0 Å². The molecule has 0 saturated carbocycles. The van der Waals surface area contributed by atoms with Crippen molar-refractivity contribution >= 4 is 0 Å². The Morgan fingerprint density at radius 3 is 1.00 bits per heavy atom. The van der Waals surface area contributed by atoms with Gasteiger partial charge in [0.05, 0.1) is 0 Å². The van der Waals surface area contributed by atoms with E-state index in [2.05, 4.69) is 13.8 Å². The van der Waals surface area contributed by atoms with E-state index in [-0.39, 0.29) is 0 Å². The number of hydrogen-bond donors (Lipinski definition) is 0. The third-order valence-corrected chi connectivity index (χ3v) is 3.60. The monoisotopic (exact) mass is 298 g/mol. The molecule has 0 aliphatic rings. The van der Waals surface area contributed by atoms with Crippen LogP contribution >= 0.6 is 0 Å². The maximum absolute atomic E-state index is 3.88. The summed E-state index contributed by atoms with van der Waals surface area (Å²) >= 11 is 0. The number of nitrogens with zero attached hydrogens (tertiary/aromatic N) is 1. The van der Waals surface area contributed by atoms with Crippen molar-refractivity contribution in [3.63, 3.8) is 0 Å². The summed E-state index contributed by atoms with van der Waals surface area (Å²) in [5.74, 6) is 0. The van der Waals surface area contributed by atoms with Gasteiger partial charge in [-0.2, -0.15) is 0 Å². The van der Waals surface area contributed by atoms with Crippen LogP contribution in [0.1, 0.15) is 103 Å². The van der Waals surface area contributed by atoms with Crippen molar-refractivity contribution in [1.29, 1.82) is 0 Å². The molecule has 0 spiro atoms. The average molecular weight is 299 g/mol. The molecule has 0 aromatic rings. The molecule has 0 bridgehead atoms. The Labute approximate surface area is 136 Å². The first-order valence-corrected chi connectivity index (χ1v) is 9.55. The largest absolute Gasteiger partial charge is 0.312 e.